The summed E-state index contributed by atoms with van der Waals surface area (Å²) in [6.45, 7) is 0.965. The number of amides is 1. The van der Waals surface area contributed by atoms with Crippen molar-refractivity contribution >= 4 is 22.1 Å². The van der Waals surface area contributed by atoms with Gasteiger partial charge in [0.05, 0.1) is 11.1 Å². The third-order valence-corrected chi connectivity index (χ3v) is 6.36. The molecule has 3 N–H and O–H groups in total. The molecule has 0 aliphatic carbocycles. The smallest absolute Gasteiger partial charge is 0.271 e. The zero-order valence-electron chi connectivity index (χ0n) is 15.1. The number of nitrogens with one attached hydrogen (secondary N) is 1. The third-order valence-electron chi connectivity index (χ3n) is 4.46. The second kappa shape index (κ2) is 8.41. The van der Waals surface area contributed by atoms with Crippen LogP contribution in [0.15, 0.2) is 52.5 Å². The molecule has 0 atom stereocenters. The molecule has 0 spiro atoms. The lowest BCUT2D eigenvalue weighted by Crippen LogP contribution is -2.35. The van der Waals surface area contributed by atoms with Crippen molar-refractivity contribution in [2.45, 2.75) is 24.2 Å². The fraction of sp³-hybridized carbons (Fsp3) is 0.263. The van der Waals surface area contributed by atoms with Crippen LogP contribution >= 0.6 is 0 Å². The molecule has 1 aliphatic heterocycles. The molecule has 0 saturated carbocycles. The Balaban J connectivity index is 1.73. The summed E-state index contributed by atoms with van der Waals surface area (Å²) in [5, 5.41) is 22.9. The molecule has 28 heavy (non-hydrogen) atoms. The van der Waals surface area contributed by atoms with Crippen LogP contribution in [-0.4, -0.2) is 48.1 Å². The van der Waals surface area contributed by atoms with Gasteiger partial charge in [-0.05, 0) is 43.2 Å². The van der Waals surface area contributed by atoms with Crippen LogP contribution < -0.4 is 5.43 Å². The summed E-state index contributed by atoms with van der Waals surface area (Å²) in [5.41, 5.74) is 2.65. The van der Waals surface area contributed by atoms with Crippen LogP contribution in [0, 0.1) is 0 Å². The Bertz CT molecular complexity index is 998. The van der Waals surface area contributed by atoms with E-state index in [0.717, 1.165) is 19.3 Å². The van der Waals surface area contributed by atoms with Gasteiger partial charge in [-0.1, -0.05) is 18.6 Å². The number of aromatic hydroxyl groups is 2. The topological polar surface area (TPSA) is 119 Å². The molecule has 1 aliphatic rings. The molecular weight excluding hydrogens is 382 g/mol. The average molecular weight is 403 g/mol. The van der Waals surface area contributed by atoms with Gasteiger partial charge in [0.25, 0.3) is 5.91 Å². The number of benzene rings is 2. The van der Waals surface area contributed by atoms with E-state index in [9.17, 15) is 23.4 Å². The minimum Gasteiger partial charge on any atom is -0.504 e. The van der Waals surface area contributed by atoms with Crippen molar-refractivity contribution < 1.29 is 23.4 Å². The summed E-state index contributed by atoms with van der Waals surface area (Å²) in [4.78, 5) is 12.4. The number of carbonyl (C=O) groups is 1. The van der Waals surface area contributed by atoms with Gasteiger partial charge in [-0.3, -0.25) is 4.79 Å². The van der Waals surface area contributed by atoms with Crippen LogP contribution in [-0.2, 0) is 10.0 Å². The molecule has 3 rings (SSSR count). The Hall–Kier alpha value is -2.91. The predicted molar refractivity (Wildman–Crippen MR) is 104 cm³/mol. The Morgan fingerprint density at radius 2 is 1.79 bits per heavy atom. The molecule has 2 aromatic rings. The molecule has 1 saturated heterocycles. The van der Waals surface area contributed by atoms with E-state index in [1.165, 1.54) is 53.0 Å². The predicted octanol–water partition coefficient (Wildman–Crippen LogP) is 2.04. The normalized spacial score (nSPS) is 15.6. The standard InChI is InChI=1S/C19H21N3O5S/c23-17-9-5-7-15(18(17)24)13-20-21-19(25)14-6-4-8-16(12-14)28(26,27)22-10-2-1-3-11-22/h4-9,12-13,23-24H,1-3,10-11H2,(H,21,25)/b20-13+. The first kappa shape index (κ1) is 19.8. The van der Waals surface area contributed by atoms with Crippen molar-refractivity contribution in [3.05, 3.63) is 53.6 Å². The number of phenols is 2. The van der Waals surface area contributed by atoms with E-state index in [1.54, 1.807) is 0 Å². The molecular formula is C19H21N3O5S. The second-order valence-electron chi connectivity index (χ2n) is 6.41. The largest absolute Gasteiger partial charge is 0.504 e. The summed E-state index contributed by atoms with van der Waals surface area (Å²) in [6, 6.07) is 10.1. The Labute approximate surface area is 163 Å². The molecule has 0 aromatic heterocycles. The number of sulfonamides is 1. The second-order valence-corrected chi connectivity index (χ2v) is 8.34. The van der Waals surface area contributed by atoms with Gasteiger partial charge >= 0.3 is 0 Å². The molecule has 9 heteroatoms. The summed E-state index contributed by atoms with van der Waals surface area (Å²) in [5.74, 6) is -1.24. The van der Waals surface area contributed by atoms with Crippen molar-refractivity contribution in [2.75, 3.05) is 13.1 Å². The highest BCUT2D eigenvalue weighted by Gasteiger charge is 2.26. The van der Waals surface area contributed by atoms with Crippen LogP contribution in [0.25, 0.3) is 0 Å². The number of hydrogen-bond acceptors (Lipinski definition) is 6. The fourth-order valence-corrected chi connectivity index (χ4v) is 4.49. The van der Waals surface area contributed by atoms with E-state index < -0.39 is 15.9 Å². The Morgan fingerprint density at radius 1 is 1.07 bits per heavy atom. The molecule has 1 heterocycles. The van der Waals surface area contributed by atoms with Crippen LogP contribution in [0.1, 0.15) is 35.2 Å². The van der Waals surface area contributed by atoms with Gasteiger partial charge in [0, 0.05) is 24.2 Å². The first-order valence-corrected chi connectivity index (χ1v) is 10.3. The van der Waals surface area contributed by atoms with Gasteiger partial charge < -0.3 is 10.2 Å². The van der Waals surface area contributed by atoms with E-state index in [1.807, 2.05) is 0 Å². The van der Waals surface area contributed by atoms with Crippen LogP contribution in [0.3, 0.4) is 0 Å². The summed E-state index contributed by atoms with van der Waals surface area (Å²) < 4.78 is 26.9. The quantitative estimate of drug-likeness (QED) is 0.401. The lowest BCUT2D eigenvalue weighted by Gasteiger charge is -2.25. The third kappa shape index (κ3) is 4.32. The first-order chi connectivity index (χ1) is 13.4. The maximum atomic E-state index is 12.7. The maximum absolute atomic E-state index is 12.7. The average Bonchev–Trinajstić information content (AvgIpc) is 2.72. The highest BCUT2D eigenvalue weighted by atomic mass is 32.2. The van der Waals surface area contributed by atoms with Crippen molar-refractivity contribution in [3.8, 4) is 11.5 Å². The van der Waals surface area contributed by atoms with E-state index in [4.69, 9.17) is 0 Å². The summed E-state index contributed by atoms with van der Waals surface area (Å²) in [7, 11) is -3.64. The van der Waals surface area contributed by atoms with E-state index >= 15 is 0 Å². The monoisotopic (exact) mass is 403 g/mol. The van der Waals surface area contributed by atoms with Gasteiger partial charge in [0.2, 0.25) is 10.0 Å². The van der Waals surface area contributed by atoms with Gasteiger partial charge in [-0.2, -0.15) is 9.41 Å². The first-order valence-electron chi connectivity index (χ1n) is 8.84. The number of rotatable bonds is 5. The molecule has 0 radical (unpaired) electrons. The lowest BCUT2D eigenvalue weighted by molar-refractivity contribution is 0.0955. The highest BCUT2D eigenvalue weighted by Crippen LogP contribution is 2.26. The molecule has 1 amide bonds. The number of para-hydroxylation sites is 1. The van der Waals surface area contributed by atoms with Gasteiger partial charge in [0.1, 0.15) is 0 Å². The molecule has 148 valence electrons. The van der Waals surface area contributed by atoms with Crippen LogP contribution in [0.5, 0.6) is 11.5 Å². The SMILES string of the molecule is O=C(N/N=C/c1cccc(O)c1O)c1cccc(S(=O)(=O)N2CCCCC2)c1. The summed E-state index contributed by atoms with van der Waals surface area (Å²) >= 11 is 0. The highest BCUT2D eigenvalue weighted by molar-refractivity contribution is 7.89. The Kier molecular flexibility index (Phi) is 5.96. The molecule has 1 fully saturated rings. The summed E-state index contributed by atoms with van der Waals surface area (Å²) in [6.07, 6.45) is 3.86. The van der Waals surface area contributed by atoms with Crippen molar-refractivity contribution in [1.82, 2.24) is 9.73 Å². The fourth-order valence-electron chi connectivity index (χ4n) is 2.93. The van der Waals surface area contributed by atoms with E-state index in [0.29, 0.717) is 13.1 Å². The van der Waals surface area contributed by atoms with Gasteiger partial charge in [-0.25, -0.2) is 13.8 Å². The molecule has 0 bridgehead atoms. The van der Waals surface area contributed by atoms with Gasteiger partial charge in [0.15, 0.2) is 11.5 Å². The van der Waals surface area contributed by atoms with E-state index in [2.05, 4.69) is 10.5 Å². The van der Waals surface area contributed by atoms with Crippen molar-refractivity contribution in [1.29, 1.82) is 0 Å². The van der Waals surface area contributed by atoms with Crippen LogP contribution in [0.4, 0.5) is 0 Å². The van der Waals surface area contributed by atoms with E-state index in [-0.39, 0.29) is 27.5 Å². The number of carbonyl (C=O) groups excluding carboxylic acids is 1. The number of piperidine rings is 1. The Morgan fingerprint density at radius 3 is 2.54 bits per heavy atom. The molecule has 8 nitrogen and oxygen atoms in total. The molecule has 0 unspecified atom stereocenters. The van der Waals surface area contributed by atoms with Crippen molar-refractivity contribution in [3.63, 3.8) is 0 Å². The van der Waals surface area contributed by atoms with Crippen molar-refractivity contribution in [2.24, 2.45) is 5.10 Å². The maximum Gasteiger partial charge on any atom is 0.271 e. The zero-order valence-corrected chi connectivity index (χ0v) is 15.9. The molecule has 2 aromatic carbocycles. The number of phenolic OH excluding ortho intramolecular Hbond substituents is 2. The van der Waals surface area contributed by atoms with Crippen LogP contribution in [0.2, 0.25) is 0 Å². The minimum absolute atomic E-state index is 0.0663. The van der Waals surface area contributed by atoms with Gasteiger partial charge in [-0.15, -0.1) is 0 Å². The lowest BCUT2D eigenvalue weighted by atomic mass is 10.2. The minimum atomic E-state index is -3.64. The number of hydrazone groups is 1. The number of nitrogens with zero attached hydrogens (tertiary/aromatic N) is 2. The zero-order chi connectivity index (χ0) is 20.1. The number of hydrogen-bond donors (Lipinski definition) is 3.